The van der Waals surface area contributed by atoms with Crippen LogP contribution in [0.5, 0.6) is 11.5 Å². The molecule has 0 amide bonds. The molecule has 1 aliphatic heterocycles. The van der Waals surface area contributed by atoms with Gasteiger partial charge in [-0.3, -0.25) is 4.98 Å². The van der Waals surface area contributed by atoms with Crippen molar-refractivity contribution < 1.29 is 9.47 Å². The molecule has 0 spiro atoms. The molecule has 0 radical (unpaired) electrons. The van der Waals surface area contributed by atoms with Gasteiger partial charge < -0.3 is 15.2 Å². The Kier molecular flexibility index (Phi) is 4.53. The Bertz CT molecular complexity index is 698. The van der Waals surface area contributed by atoms with E-state index in [1.165, 1.54) is 5.56 Å². The number of hydrogen-bond donors (Lipinski definition) is 1. The number of hydrogen-bond acceptors (Lipinski definition) is 4. The summed E-state index contributed by atoms with van der Waals surface area (Å²) in [6.45, 7) is 7.43. The van der Waals surface area contributed by atoms with Gasteiger partial charge in [0.1, 0.15) is 24.7 Å². The fraction of sp³-hybridized carbons (Fsp3) is 0.421. The number of aromatic nitrogens is 1. The van der Waals surface area contributed by atoms with E-state index in [2.05, 4.69) is 24.9 Å². The molecule has 0 bridgehead atoms. The van der Waals surface area contributed by atoms with Crippen LogP contribution in [0, 0.1) is 12.8 Å². The average Bonchev–Trinajstić information content (AvgIpc) is 2.52. The Morgan fingerprint density at radius 2 is 2.09 bits per heavy atom. The number of nitrogens with two attached hydrogens (primary N) is 1. The average molecular weight is 312 g/mol. The molecule has 2 N–H and O–H groups in total. The Labute approximate surface area is 137 Å². The summed E-state index contributed by atoms with van der Waals surface area (Å²) in [5.74, 6) is 2.24. The van der Waals surface area contributed by atoms with Crippen LogP contribution in [0.4, 0.5) is 0 Å². The molecule has 122 valence electrons. The number of ether oxygens (including phenoxy) is 2. The maximum Gasteiger partial charge on any atom is 0.131 e. The van der Waals surface area contributed by atoms with Gasteiger partial charge in [0.25, 0.3) is 0 Å². The minimum atomic E-state index is 0.0569. The van der Waals surface area contributed by atoms with Crippen LogP contribution in [0.3, 0.4) is 0 Å². The molecule has 1 aromatic heterocycles. The number of benzene rings is 1. The summed E-state index contributed by atoms with van der Waals surface area (Å²) >= 11 is 0. The van der Waals surface area contributed by atoms with Crippen molar-refractivity contribution in [1.82, 2.24) is 4.98 Å². The summed E-state index contributed by atoms with van der Waals surface area (Å²) in [6.07, 6.45) is 2.81. The van der Waals surface area contributed by atoms with Gasteiger partial charge in [-0.2, -0.15) is 0 Å². The van der Waals surface area contributed by atoms with Crippen molar-refractivity contribution in [2.45, 2.75) is 39.8 Å². The maximum atomic E-state index is 6.08. The second kappa shape index (κ2) is 6.59. The molecule has 23 heavy (non-hydrogen) atoms. The molecule has 0 aliphatic carbocycles. The molecule has 2 heterocycles. The normalized spacial score (nSPS) is 14.0. The van der Waals surface area contributed by atoms with Crippen molar-refractivity contribution in [1.29, 1.82) is 0 Å². The lowest BCUT2D eigenvalue weighted by Gasteiger charge is -2.22. The molecule has 1 aliphatic rings. The zero-order chi connectivity index (χ0) is 16.4. The van der Waals surface area contributed by atoms with Gasteiger partial charge in [0.2, 0.25) is 0 Å². The molecule has 2 aromatic rings. The first-order chi connectivity index (χ1) is 11.0. The first-order valence-electron chi connectivity index (χ1n) is 8.14. The van der Waals surface area contributed by atoms with Gasteiger partial charge in [0, 0.05) is 35.1 Å². The summed E-state index contributed by atoms with van der Waals surface area (Å²) in [5.41, 5.74) is 10.5. The summed E-state index contributed by atoms with van der Waals surface area (Å²) in [7, 11) is 0. The molecular formula is C19H24N2O2. The highest BCUT2D eigenvalue weighted by molar-refractivity contribution is 5.76. The first kappa shape index (κ1) is 15.8. The van der Waals surface area contributed by atoms with Gasteiger partial charge in [0.05, 0.1) is 0 Å². The molecule has 0 unspecified atom stereocenters. The Morgan fingerprint density at radius 3 is 2.87 bits per heavy atom. The zero-order valence-corrected chi connectivity index (χ0v) is 14.0. The van der Waals surface area contributed by atoms with Crippen molar-refractivity contribution in [2.24, 2.45) is 11.7 Å². The second-order valence-corrected chi connectivity index (χ2v) is 6.57. The number of pyridine rings is 1. The minimum Gasteiger partial charge on any atom is -0.492 e. The first-order valence-corrected chi connectivity index (χ1v) is 8.14. The van der Waals surface area contributed by atoms with Crippen molar-refractivity contribution in [3.8, 4) is 22.6 Å². The van der Waals surface area contributed by atoms with Crippen LogP contribution in [0.15, 0.2) is 30.5 Å². The van der Waals surface area contributed by atoms with Crippen LogP contribution < -0.4 is 15.2 Å². The van der Waals surface area contributed by atoms with Gasteiger partial charge in [-0.25, -0.2) is 0 Å². The van der Waals surface area contributed by atoms with Crippen molar-refractivity contribution >= 4 is 0 Å². The molecule has 3 rings (SSSR count). The largest absolute Gasteiger partial charge is 0.492 e. The fourth-order valence-corrected chi connectivity index (χ4v) is 2.99. The number of fused-ring (bicyclic) bond motifs is 3. The van der Waals surface area contributed by atoms with Crippen LogP contribution in [-0.2, 0) is 6.61 Å². The van der Waals surface area contributed by atoms with E-state index in [0.29, 0.717) is 19.1 Å². The van der Waals surface area contributed by atoms with Gasteiger partial charge in [0.15, 0.2) is 0 Å². The molecule has 0 saturated carbocycles. The van der Waals surface area contributed by atoms with E-state index in [1.54, 1.807) is 0 Å². The Hall–Kier alpha value is -2.07. The van der Waals surface area contributed by atoms with Gasteiger partial charge in [-0.15, -0.1) is 0 Å². The molecule has 0 fully saturated rings. The van der Waals surface area contributed by atoms with Gasteiger partial charge in [-0.05, 0) is 43.0 Å². The Balaban J connectivity index is 1.76. The topological polar surface area (TPSA) is 57.4 Å². The van der Waals surface area contributed by atoms with Gasteiger partial charge >= 0.3 is 0 Å². The maximum absolute atomic E-state index is 6.08. The van der Waals surface area contributed by atoms with Crippen LogP contribution in [0.25, 0.3) is 11.1 Å². The molecule has 4 heteroatoms. The summed E-state index contributed by atoms with van der Waals surface area (Å²) < 4.78 is 11.7. The van der Waals surface area contributed by atoms with Crippen LogP contribution in [0.2, 0.25) is 0 Å². The monoisotopic (exact) mass is 312 g/mol. The fourth-order valence-electron chi connectivity index (χ4n) is 2.99. The number of nitrogens with zero attached hydrogens (tertiary/aromatic N) is 1. The van der Waals surface area contributed by atoms with Crippen LogP contribution >= 0.6 is 0 Å². The SMILES string of the molecule is Cc1nccc2c1COc1cc(OC[C@@H](N)CC(C)C)ccc1-2. The highest BCUT2D eigenvalue weighted by Crippen LogP contribution is 2.40. The van der Waals surface area contributed by atoms with E-state index < -0.39 is 0 Å². The lowest BCUT2D eigenvalue weighted by molar-refractivity contribution is 0.265. The van der Waals surface area contributed by atoms with E-state index in [9.17, 15) is 0 Å². The lowest BCUT2D eigenvalue weighted by atomic mass is 9.97. The highest BCUT2D eigenvalue weighted by atomic mass is 16.5. The van der Waals surface area contributed by atoms with E-state index in [1.807, 2.05) is 31.3 Å². The van der Waals surface area contributed by atoms with Crippen molar-refractivity contribution in [2.75, 3.05) is 6.61 Å². The smallest absolute Gasteiger partial charge is 0.131 e. The summed E-state index contributed by atoms with van der Waals surface area (Å²) in [4.78, 5) is 4.34. The predicted molar refractivity (Wildman–Crippen MR) is 91.7 cm³/mol. The third kappa shape index (κ3) is 3.48. The van der Waals surface area contributed by atoms with Crippen LogP contribution in [0.1, 0.15) is 31.5 Å². The minimum absolute atomic E-state index is 0.0569. The van der Waals surface area contributed by atoms with E-state index in [0.717, 1.165) is 34.7 Å². The third-order valence-electron chi connectivity index (χ3n) is 4.12. The molecule has 0 saturated heterocycles. The van der Waals surface area contributed by atoms with Crippen molar-refractivity contribution in [3.63, 3.8) is 0 Å². The lowest BCUT2D eigenvalue weighted by Crippen LogP contribution is -2.29. The number of rotatable bonds is 5. The Morgan fingerprint density at radius 1 is 1.26 bits per heavy atom. The molecule has 4 nitrogen and oxygen atoms in total. The van der Waals surface area contributed by atoms with E-state index in [-0.39, 0.29) is 6.04 Å². The van der Waals surface area contributed by atoms with E-state index in [4.69, 9.17) is 15.2 Å². The molecule has 1 atom stereocenters. The van der Waals surface area contributed by atoms with Gasteiger partial charge in [-0.1, -0.05) is 13.8 Å². The summed E-state index contributed by atoms with van der Waals surface area (Å²) in [6, 6.07) is 8.09. The molecular weight excluding hydrogens is 288 g/mol. The number of aryl methyl sites for hydroxylation is 1. The van der Waals surface area contributed by atoms with E-state index >= 15 is 0 Å². The highest BCUT2D eigenvalue weighted by Gasteiger charge is 2.19. The van der Waals surface area contributed by atoms with Crippen LogP contribution in [-0.4, -0.2) is 17.6 Å². The molecule has 1 aromatic carbocycles. The zero-order valence-electron chi connectivity index (χ0n) is 14.0. The van der Waals surface area contributed by atoms with Crippen molar-refractivity contribution in [3.05, 3.63) is 41.7 Å². The second-order valence-electron chi connectivity index (χ2n) is 6.57. The third-order valence-corrected chi connectivity index (χ3v) is 4.12. The summed E-state index contributed by atoms with van der Waals surface area (Å²) in [5, 5.41) is 0. The predicted octanol–water partition coefficient (Wildman–Crippen LogP) is 3.70. The standard InChI is InChI=1S/C19H24N2O2/c1-12(2)8-14(20)10-22-15-4-5-17-16-6-7-21-13(3)18(16)11-23-19(17)9-15/h4-7,9,12,14H,8,10-11,20H2,1-3H3/t14-/m0/s1. The quantitative estimate of drug-likeness (QED) is 0.914.